The molecule has 0 aliphatic carbocycles. The number of amides is 2. The third kappa shape index (κ3) is 9.42. The van der Waals surface area contributed by atoms with E-state index in [2.05, 4.69) is 5.32 Å². The minimum atomic E-state index is -0.678. The second-order valence-corrected chi connectivity index (χ2v) is 10.7. The Kier molecular flexibility index (Phi) is 10.6. The van der Waals surface area contributed by atoms with Gasteiger partial charge in [-0.15, -0.1) is 0 Å². The summed E-state index contributed by atoms with van der Waals surface area (Å²) >= 11 is 6.09. The Labute approximate surface area is 230 Å². The van der Waals surface area contributed by atoms with Gasteiger partial charge in [-0.25, -0.2) is 0 Å². The van der Waals surface area contributed by atoms with Crippen LogP contribution in [0.15, 0.2) is 78.9 Å². The first kappa shape index (κ1) is 29.1. The van der Waals surface area contributed by atoms with E-state index >= 15 is 0 Å². The average Bonchev–Trinajstić information content (AvgIpc) is 2.89. The second kappa shape index (κ2) is 13.9. The molecule has 1 N–H and O–H groups in total. The molecule has 3 rings (SSSR count). The zero-order valence-corrected chi connectivity index (χ0v) is 23.3. The van der Waals surface area contributed by atoms with Crippen molar-refractivity contribution in [1.82, 2.24) is 10.2 Å². The fourth-order valence-corrected chi connectivity index (χ4v) is 4.15. The van der Waals surface area contributed by atoms with E-state index in [0.717, 1.165) is 16.9 Å². The third-order valence-electron chi connectivity index (χ3n) is 5.90. The van der Waals surface area contributed by atoms with Crippen LogP contribution in [0.2, 0.25) is 5.02 Å². The Balaban J connectivity index is 1.78. The molecule has 1 atom stereocenters. The lowest BCUT2D eigenvalue weighted by Gasteiger charge is -2.34. The average molecular weight is 537 g/mol. The number of methoxy groups -OCH3 is 1. The van der Waals surface area contributed by atoms with Crippen LogP contribution in [0.5, 0.6) is 11.5 Å². The van der Waals surface area contributed by atoms with Crippen LogP contribution >= 0.6 is 11.6 Å². The van der Waals surface area contributed by atoms with E-state index in [0.29, 0.717) is 36.8 Å². The molecule has 0 aromatic heterocycles. The van der Waals surface area contributed by atoms with Crippen LogP contribution in [0.4, 0.5) is 0 Å². The van der Waals surface area contributed by atoms with Gasteiger partial charge in [-0.3, -0.25) is 9.59 Å². The Morgan fingerprint density at radius 1 is 0.895 bits per heavy atom. The molecule has 0 heterocycles. The molecule has 0 aliphatic rings. The number of carbonyl (C=O) groups excluding carboxylic acids is 2. The first-order chi connectivity index (χ1) is 18.1. The highest BCUT2D eigenvalue weighted by Crippen LogP contribution is 2.20. The summed E-state index contributed by atoms with van der Waals surface area (Å²) in [5.74, 6) is 1.17. The minimum Gasteiger partial charge on any atom is -0.497 e. The molecular formula is C31H37ClN2O4. The van der Waals surface area contributed by atoms with Gasteiger partial charge >= 0.3 is 0 Å². The molecule has 0 radical (unpaired) electrons. The van der Waals surface area contributed by atoms with Gasteiger partial charge in [0.25, 0.3) is 0 Å². The molecule has 0 aliphatic heterocycles. The van der Waals surface area contributed by atoms with Crippen molar-refractivity contribution in [2.45, 2.75) is 58.2 Å². The van der Waals surface area contributed by atoms with E-state index in [4.69, 9.17) is 21.1 Å². The van der Waals surface area contributed by atoms with Crippen LogP contribution in [-0.2, 0) is 22.6 Å². The van der Waals surface area contributed by atoms with E-state index < -0.39 is 11.6 Å². The largest absolute Gasteiger partial charge is 0.497 e. The summed E-state index contributed by atoms with van der Waals surface area (Å²) in [5, 5.41) is 3.70. The van der Waals surface area contributed by atoms with Gasteiger partial charge in [0.05, 0.1) is 13.7 Å². The van der Waals surface area contributed by atoms with E-state index in [1.165, 1.54) is 0 Å². The Morgan fingerprint density at radius 2 is 1.53 bits per heavy atom. The summed E-state index contributed by atoms with van der Waals surface area (Å²) in [6.45, 7) is 6.49. The standard InChI is InChI=1S/C31H37ClN2O4/c1-31(2,3)33-30(36)28(21-23-9-6-5-7-10-23)34(22-24-12-14-25(32)15-13-24)29(35)11-8-20-38-27-18-16-26(37-4)17-19-27/h5-7,9-10,12-19,28H,8,11,20-22H2,1-4H3,(H,33,36). The SMILES string of the molecule is COc1ccc(OCCCC(=O)N(Cc2ccc(Cl)cc2)C(Cc2ccccc2)C(=O)NC(C)(C)C)cc1. The second-order valence-electron chi connectivity index (χ2n) is 10.2. The van der Waals surface area contributed by atoms with Gasteiger partial charge in [-0.05, 0) is 74.7 Å². The van der Waals surface area contributed by atoms with Crippen LogP contribution in [-0.4, -0.2) is 42.0 Å². The number of ether oxygens (including phenoxy) is 2. The van der Waals surface area contributed by atoms with Crippen LogP contribution in [0.25, 0.3) is 0 Å². The highest BCUT2D eigenvalue weighted by molar-refractivity contribution is 6.30. The molecule has 2 amide bonds. The molecule has 7 heteroatoms. The topological polar surface area (TPSA) is 67.9 Å². The predicted octanol–water partition coefficient (Wildman–Crippen LogP) is 6.06. The fourth-order valence-electron chi connectivity index (χ4n) is 4.02. The van der Waals surface area contributed by atoms with Crippen LogP contribution in [0.1, 0.15) is 44.7 Å². The summed E-state index contributed by atoms with van der Waals surface area (Å²) in [7, 11) is 1.62. The van der Waals surface area contributed by atoms with Crippen molar-refractivity contribution in [3.63, 3.8) is 0 Å². The molecule has 202 valence electrons. The number of carbonyl (C=O) groups is 2. The summed E-state index contributed by atoms with van der Waals surface area (Å²) < 4.78 is 11.0. The Hall–Kier alpha value is -3.51. The van der Waals surface area contributed by atoms with Crippen molar-refractivity contribution in [3.8, 4) is 11.5 Å². The van der Waals surface area contributed by atoms with Crippen molar-refractivity contribution in [2.24, 2.45) is 0 Å². The number of rotatable bonds is 12. The van der Waals surface area contributed by atoms with Crippen molar-refractivity contribution < 1.29 is 19.1 Å². The van der Waals surface area contributed by atoms with E-state index in [9.17, 15) is 9.59 Å². The summed E-state index contributed by atoms with van der Waals surface area (Å²) in [5.41, 5.74) is 1.45. The van der Waals surface area contributed by atoms with Crippen molar-refractivity contribution in [1.29, 1.82) is 0 Å². The van der Waals surface area contributed by atoms with Gasteiger partial charge in [-0.2, -0.15) is 0 Å². The molecule has 3 aromatic carbocycles. The maximum atomic E-state index is 13.7. The normalized spacial score (nSPS) is 11.9. The maximum Gasteiger partial charge on any atom is 0.243 e. The maximum absolute atomic E-state index is 13.7. The molecule has 0 bridgehead atoms. The summed E-state index contributed by atoms with van der Waals surface area (Å²) in [6, 6.07) is 23.8. The van der Waals surface area contributed by atoms with Crippen molar-refractivity contribution in [2.75, 3.05) is 13.7 Å². The first-order valence-corrected chi connectivity index (χ1v) is 13.2. The number of nitrogens with zero attached hydrogens (tertiary/aromatic N) is 1. The molecule has 6 nitrogen and oxygen atoms in total. The molecule has 0 fully saturated rings. The monoisotopic (exact) mass is 536 g/mol. The number of halogens is 1. The number of nitrogens with one attached hydrogen (secondary N) is 1. The summed E-state index contributed by atoms with van der Waals surface area (Å²) in [4.78, 5) is 28.9. The van der Waals surface area contributed by atoms with Crippen molar-refractivity contribution in [3.05, 3.63) is 95.0 Å². The van der Waals surface area contributed by atoms with Gasteiger partial charge in [0.15, 0.2) is 0 Å². The highest BCUT2D eigenvalue weighted by Gasteiger charge is 2.32. The van der Waals surface area contributed by atoms with E-state index in [1.54, 1.807) is 24.1 Å². The van der Waals surface area contributed by atoms with E-state index in [-0.39, 0.29) is 18.2 Å². The lowest BCUT2D eigenvalue weighted by atomic mass is 10.00. The fraction of sp³-hybridized carbons (Fsp3) is 0.355. The number of hydrogen-bond donors (Lipinski definition) is 1. The zero-order valence-electron chi connectivity index (χ0n) is 22.6. The number of benzene rings is 3. The lowest BCUT2D eigenvalue weighted by molar-refractivity contribution is -0.142. The summed E-state index contributed by atoms with van der Waals surface area (Å²) in [6.07, 6.45) is 1.17. The molecule has 0 saturated carbocycles. The molecule has 1 unspecified atom stereocenters. The molecule has 0 saturated heterocycles. The predicted molar refractivity (Wildman–Crippen MR) is 152 cm³/mol. The first-order valence-electron chi connectivity index (χ1n) is 12.8. The molecule has 3 aromatic rings. The van der Waals surface area contributed by atoms with E-state index in [1.807, 2.05) is 87.5 Å². The van der Waals surface area contributed by atoms with Crippen LogP contribution in [0.3, 0.4) is 0 Å². The van der Waals surface area contributed by atoms with Gasteiger partial charge in [0.1, 0.15) is 17.5 Å². The zero-order chi connectivity index (χ0) is 27.5. The Morgan fingerprint density at radius 3 is 2.13 bits per heavy atom. The van der Waals surface area contributed by atoms with Gasteiger partial charge < -0.3 is 19.7 Å². The lowest BCUT2D eigenvalue weighted by Crippen LogP contribution is -2.54. The van der Waals surface area contributed by atoms with Crippen LogP contribution < -0.4 is 14.8 Å². The number of hydrogen-bond acceptors (Lipinski definition) is 4. The van der Waals surface area contributed by atoms with Gasteiger partial charge in [0.2, 0.25) is 11.8 Å². The minimum absolute atomic E-state index is 0.108. The quantitative estimate of drug-likeness (QED) is 0.286. The third-order valence-corrected chi connectivity index (χ3v) is 6.15. The van der Waals surface area contributed by atoms with Crippen LogP contribution in [0, 0.1) is 0 Å². The van der Waals surface area contributed by atoms with Crippen molar-refractivity contribution >= 4 is 23.4 Å². The van der Waals surface area contributed by atoms with Gasteiger partial charge in [0, 0.05) is 29.9 Å². The molecule has 0 spiro atoms. The van der Waals surface area contributed by atoms with Gasteiger partial charge in [-0.1, -0.05) is 54.1 Å². The Bertz CT molecular complexity index is 1160. The highest BCUT2D eigenvalue weighted by atomic mass is 35.5. The molecule has 38 heavy (non-hydrogen) atoms. The molecular weight excluding hydrogens is 500 g/mol. The smallest absolute Gasteiger partial charge is 0.243 e.